The second kappa shape index (κ2) is 4.61. The lowest BCUT2D eigenvalue weighted by atomic mass is 10.2. The van der Waals surface area contributed by atoms with E-state index in [1.165, 1.54) is 4.88 Å². The van der Waals surface area contributed by atoms with Crippen molar-refractivity contribution in [1.82, 2.24) is 4.98 Å². The Kier molecular flexibility index (Phi) is 3.72. The smallest absolute Gasteiger partial charge is 0.183 e. The molecule has 1 aromatic rings. The minimum Gasteiger partial charge on any atom is -0.359 e. The summed E-state index contributed by atoms with van der Waals surface area (Å²) in [6.07, 6.45) is 3.11. The van der Waals surface area contributed by atoms with E-state index in [0.29, 0.717) is 12.0 Å². The van der Waals surface area contributed by atoms with Gasteiger partial charge in [-0.3, -0.25) is 0 Å². The van der Waals surface area contributed by atoms with Crippen LogP contribution in [0.15, 0.2) is 6.20 Å². The summed E-state index contributed by atoms with van der Waals surface area (Å²) in [5.74, 6) is 0.588. The second-order valence-electron chi connectivity index (χ2n) is 3.68. The fraction of sp³-hybridized carbons (Fsp3) is 0.700. The summed E-state index contributed by atoms with van der Waals surface area (Å²) < 4.78 is 0. The van der Waals surface area contributed by atoms with Crippen molar-refractivity contribution in [2.24, 2.45) is 0 Å². The van der Waals surface area contributed by atoms with Crippen LogP contribution in [0.3, 0.4) is 0 Å². The quantitative estimate of drug-likeness (QED) is 0.801. The fourth-order valence-corrected chi connectivity index (χ4v) is 1.86. The van der Waals surface area contributed by atoms with Gasteiger partial charge < -0.3 is 5.32 Å². The minimum atomic E-state index is 0.520. The van der Waals surface area contributed by atoms with Crippen LogP contribution in [0.1, 0.15) is 44.9 Å². The van der Waals surface area contributed by atoms with Crippen LogP contribution in [0.2, 0.25) is 0 Å². The van der Waals surface area contributed by atoms with Gasteiger partial charge in [0, 0.05) is 17.1 Å². The first-order chi connectivity index (χ1) is 6.13. The van der Waals surface area contributed by atoms with Gasteiger partial charge in [-0.15, -0.1) is 11.3 Å². The Bertz CT molecular complexity index is 255. The molecule has 0 saturated heterocycles. The number of aromatic nitrogens is 1. The largest absolute Gasteiger partial charge is 0.359 e. The lowest BCUT2D eigenvalue weighted by Gasteiger charge is -2.08. The molecule has 1 heterocycles. The Balaban J connectivity index is 2.58. The Labute approximate surface area is 84.4 Å². The van der Waals surface area contributed by atoms with Crippen LogP contribution < -0.4 is 5.32 Å². The zero-order valence-electron chi connectivity index (χ0n) is 8.79. The summed E-state index contributed by atoms with van der Waals surface area (Å²) in [6.45, 7) is 8.74. The maximum Gasteiger partial charge on any atom is 0.183 e. The van der Waals surface area contributed by atoms with Crippen molar-refractivity contribution in [2.45, 2.75) is 46.1 Å². The molecule has 1 unspecified atom stereocenters. The van der Waals surface area contributed by atoms with Crippen molar-refractivity contribution in [2.75, 3.05) is 5.32 Å². The van der Waals surface area contributed by atoms with Crippen LogP contribution in [0.5, 0.6) is 0 Å². The fourth-order valence-electron chi connectivity index (χ4n) is 0.933. The van der Waals surface area contributed by atoms with E-state index in [4.69, 9.17) is 0 Å². The summed E-state index contributed by atoms with van der Waals surface area (Å²) >= 11 is 1.76. The third-order valence-corrected chi connectivity index (χ3v) is 3.30. The molecular formula is C10H18N2S. The molecule has 1 N–H and O–H groups in total. The molecule has 0 spiro atoms. The SMILES string of the molecule is CCC(C)Nc1ncc(C(C)C)s1. The highest BCUT2D eigenvalue weighted by atomic mass is 32.1. The van der Waals surface area contributed by atoms with Gasteiger partial charge in [-0.25, -0.2) is 4.98 Å². The number of anilines is 1. The second-order valence-corrected chi connectivity index (χ2v) is 4.74. The Hall–Kier alpha value is -0.570. The first kappa shape index (κ1) is 10.5. The highest BCUT2D eigenvalue weighted by Crippen LogP contribution is 2.25. The van der Waals surface area contributed by atoms with E-state index in [1.54, 1.807) is 11.3 Å². The van der Waals surface area contributed by atoms with Crippen molar-refractivity contribution in [3.05, 3.63) is 11.1 Å². The van der Waals surface area contributed by atoms with E-state index >= 15 is 0 Å². The van der Waals surface area contributed by atoms with E-state index in [0.717, 1.165) is 11.6 Å². The molecule has 0 amide bonds. The summed E-state index contributed by atoms with van der Waals surface area (Å²) in [7, 11) is 0. The zero-order valence-corrected chi connectivity index (χ0v) is 9.61. The number of thiazole rings is 1. The lowest BCUT2D eigenvalue weighted by Crippen LogP contribution is -2.12. The number of nitrogens with zero attached hydrogens (tertiary/aromatic N) is 1. The van der Waals surface area contributed by atoms with Gasteiger partial charge in [0.2, 0.25) is 0 Å². The Morgan fingerprint density at radius 2 is 2.15 bits per heavy atom. The molecule has 74 valence electrons. The van der Waals surface area contributed by atoms with Crippen LogP contribution in [0, 0.1) is 0 Å². The maximum atomic E-state index is 4.33. The zero-order chi connectivity index (χ0) is 9.84. The Morgan fingerprint density at radius 3 is 2.62 bits per heavy atom. The van der Waals surface area contributed by atoms with Gasteiger partial charge in [-0.05, 0) is 19.3 Å². The molecule has 1 aromatic heterocycles. The maximum absolute atomic E-state index is 4.33. The molecule has 0 aliphatic heterocycles. The molecule has 1 rings (SSSR count). The molecule has 13 heavy (non-hydrogen) atoms. The summed E-state index contributed by atoms with van der Waals surface area (Å²) in [5.41, 5.74) is 0. The summed E-state index contributed by atoms with van der Waals surface area (Å²) in [6, 6.07) is 0.520. The van der Waals surface area contributed by atoms with Crippen molar-refractivity contribution in [3.63, 3.8) is 0 Å². The van der Waals surface area contributed by atoms with Crippen molar-refractivity contribution in [3.8, 4) is 0 Å². The monoisotopic (exact) mass is 198 g/mol. The van der Waals surface area contributed by atoms with Gasteiger partial charge >= 0.3 is 0 Å². The summed E-state index contributed by atoms with van der Waals surface area (Å²) in [4.78, 5) is 5.69. The lowest BCUT2D eigenvalue weighted by molar-refractivity contribution is 0.763. The molecule has 0 aliphatic carbocycles. The molecule has 0 aliphatic rings. The molecule has 0 saturated carbocycles. The third-order valence-electron chi connectivity index (χ3n) is 2.07. The number of hydrogen-bond donors (Lipinski definition) is 1. The van der Waals surface area contributed by atoms with Crippen molar-refractivity contribution in [1.29, 1.82) is 0 Å². The molecule has 0 fully saturated rings. The van der Waals surface area contributed by atoms with Gasteiger partial charge in [0.05, 0.1) is 0 Å². The van der Waals surface area contributed by atoms with E-state index in [2.05, 4.69) is 38.0 Å². The number of rotatable bonds is 4. The molecule has 1 atom stereocenters. The predicted molar refractivity (Wildman–Crippen MR) is 59.6 cm³/mol. The van der Waals surface area contributed by atoms with E-state index in [9.17, 15) is 0 Å². The average Bonchev–Trinajstić information content (AvgIpc) is 2.52. The standard InChI is InChI=1S/C10H18N2S/c1-5-8(4)12-10-11-6-9(13-10)7(2)3/h6-8H,5H2,1-4H3,(H,11,12). The minimum absolute atomic E-state index is 0.520. The molecule has 0 bridgehead atoms. The molecule has 0 aromatic carbocycles. The third kappa shape index (κ3) is 2.99. The van der Waals surface area contributed by atoms with E-state index in [-0.39, 0.29) is 0 Å². The summed E-state index contributed by atoms with van der Waals surface area (Å²) in [5, 5.41) is 4.43. The van der Waals surface area contributed by atoms with Crippen LogP contribution in [0.25, 0.3) is 0 Å². The highest BCUT2D eigenvalue weighted by Gasteiger charge is 2.06. The molecule has 0 radical (unpaired) electrons. The van der Waals surface area contributed by atoms with Gasteiger partial charge in [0.25, 0.3) is 0 Å². The van der Waals surface area contributed by atoms with Crippen molar-refractivity contribution < 1.29 is 0 Å². The Morgan fingerprint density at radius 1 is 1.46 bits per heavy atom. The first-order valence-corrected chi connectivity index (χ1v) is 5.67. The van der Waals surface area contributed by atoms with Crippen LogP contribution >= 0.6 is 11.3 Å². The number of nitrogens with one attached hydrogen (secondary N) is 1. The van der Waals surface area contributed by atoms with Gasteiger partial charge in [-0.2, -0.15) is 0 Å². The predicted octanol–water partition coefficient (Wildman–Crippen LogP) is 3.48. The average molecular weight is 198 g/mol. The topological polar surface area (TPSA) is 24.9 Å². The van der Waals surface area contributed by atoms with Crippen molar-refractivity contribution >= 4 is 16.5 Å². The van der Waals surface area contributed by atoms with Crippen LogP contribution in [-0.4, -0.2) is 11.0 Å². The van der Waals surface area contributed by atoms with E-state index < -0.39 is 0 Å². The normalized spacial score (nSPS) is 13.3. The van der Waals surface area contributed by atoms with Gasteiger partial charge in [0.1, 0.15) is 0 Å². The molecule has 2 nitrogen and oxygen atoms in total. The highest BCUT2D eigenvalue weighted by molar-refractivity contribution is 7.15. The van der Waals surface area contributed by atoms with Gasteiger partial charge in [-0.1, -0.05) is 20.8 Å². The van der Waals surface area contributed by atoms with Crippen LogP contribution in [0.4, 0.5) is 5.13 Å². The van der Waals surface area contributed by atoms with E-state index in [1.807, 2.05) is 6.20 Å². The van der Waals surface area contributed by atoms with Crippen LogP contribution in [-0.2, 0) is 0 Å². The first-order valence-electron chi connectivity index (χ1n) is 4.85. The molecule has 3 heteroatoms. The molecular weight excluding hydrogens is 180 g/mol. The van der Waals surface area contributed by atoms with Gasteiger partial charge in [0.15, 0.2) is 5.13 Å². The number of hydrogen-bond acceptors (Lipinski definition) is 3.